The van der Waals surface area contributed by atoms with Crippen LogP contribution in [0.3, 0.4) is 0 Å². The predicted molar refractivity (Wildman–Crippen MR) is 68.4 cm³/mol. The molecular formula is C12H22N4O2. The van der Waals surface area contributed by atoms with Crippen LogP contribution in [0.4, 0.5) is 0 Å². The summed E-state index contributed by atoms with van der Waals surface area (Å²) in [7, 11) is 0. The Kier molecular flexibility index (Phi) is 7.01. The van der Waals surface area contributed by atoms with Crippen LogP contribution in [-0.2, 0) is 11.2 Å². The molecule has 0 aliphatic rings. The minimum atomic E-state index is -0.257. The molecule has 0 spiro atoms. The quantitative estimate of drug-likeness (QED) is 0.651. The number of unbranched alkanes of at least 4 members (excludes halogenated alkanes) is 1. The van der Waals surface area contributed by atoms with Crippen LogP contribution in [0.15, 0.2) is 0 Å². The Balaban J connectivity index is 2.19. The zero-order chi connectivity index (χ0) is 13.2. The van der Waals surface area contributed by atoms with Gasteiger partial charge in [0.05, 0.1) is 6.61 Å². The highest BCUT2D eigenvalue weighted by atomic mass is 16.5. The van der Waals surface area contributed by atoms with E-state index in [1.54, 1.807) is 0 Å². The first-order valence-electron chi connectivity index (χ1n) is 6.55. The summed E-state index contributed by atoms with van der Waals surface area (Å²) in [4.78, 5) is 15.7. The Morgan fingerprint density at radius 3 is 2.89 bits per heavy atom. The number of hydrogen-bond donors (Lipinski definition) is 2. The number of nitrogens with zero attached hydrogens (tertiary/aromatic N) is 2. The molecule has 0 saturated heterocycles. The molecule has 1 amide bonds. The minimum Gasteiger partial charge on any atom is -0.380 e. The molecule has 18 heavy (non-hydrogen) atoms. The molecule has 6 nitrogen and oxygen atoms in total. The summed E-state index contributed by atoms with van der Waals surface area (Å²) in [6.45, 7) is 5.92. The molecule has 0 atom stereocenters. The van der Waals surface area contributed by atoms with Crippen LogP contribution in [0.25, 0.3) is 0 Å². The third kappa shape index (κ3) is 5.27. The lowest BCUT2D eigenvalue weighted by Gasteiger charge is -2.03. The van der Waals surface area contributed by atoms with E-state index in [-0.39, 0.29) is 11.7 Å². The number of amides is 1. The van der Waals surface area contributed by atoms with Gasteiger partial charge in [0.25, 0.3) is 5.91 Å². The molecule has 0 aliphatic carbocycles. The number of aromatic amines is 1. The fourth-order valence-electron chi connectivity index (χ4n) is 1.41. The molecule has 1 aromatic heterocycles. The van der Waals surface area contributed by atoms with E-state index in [2.05, 4.69) is 34.3 Å². The van der Waals surface area contributed by atoms with Crippen molar-refractivity contribution in [3.63, 3.8) is 0 Å². The van der Waals surface area contributed by atoms with Crippen molar-refractivity contribution in [1.29, 1.82) is 0 Å². The highest BCUT2D eigenvalue weighted by Gasteiger charge is 2.10. The van der Waals surface area contributed by atoms with Gasteiger partial charge in [0.1, 0.15) is 5.82 Å². The summed E-state index contributed by atoms with van der Waals surface area (Å²) >= 11 is 0. The van der Waals surface area contributed by atoms with Crippen molar-refractivity contribution in [1.82, 2.24) is 20.5 Å². The Bertz CT molecular complexity index is 352. The van der Waals surface area contributed by atoms with Gasteiger partial charge in [-0.3, -0.25) is 9.89 Å². The number of carbonyl (C=O) groups excluding carboxylic acids is 1. The molecule has 6 heteroatoms. The van der Waals surface area contributed by atoms with Crippen molar-refractivity contribution in [2.24, 2.45) is 0 Å². The SMILES string of the molecule is CCCCOCCNC(=O)c1n[nH]c(CCC)n1. The zero-order valence-corrected chi connectivity index (χ0v) is 11.2. The van der Waals surface area contributed by atoms with Crippen LogP contribution in [0, 0.1) is 0 Å². The fraction of sp³-hybridized carbons (Fsp3) is 0.750. The third-order valence-electron chi connectivity index (χ3n) is 2.40. The van der Waals surface area contributed by atoms with Gasteiger partial charge < -0.3 is 10.1 Å². The van der Waals surface area contributed by atoms with Gasteiger partial charge in [-0.15, -0.1) is 5.10 Å². The number of ether oxygens (including phenoxy) is 1. The molecule has 102 valence electrons. The molecule has 0 unspecified atom stereocenters. The lowest BCUT2D eigenvalue weighted by atomic mass is 10.3. The van der Waals surface area contributed by atoms with Gasteiger partial charge in [-0.25, -0.2) is 4.98 Å². The largest absolute Gasteiger partial charge is 0.380 e. The third-order valence-corrected chi connectivity index (χ3v) is 2.40. The smallest absolute Gasteiger partial charge is 0.291 e. The number of aromatic nitrogens is 3. The number of H-pyrrole nitrogens is 1. The van der Waals surface area contributed by atoms with Crippen molar-refractivity contribution in [3.05, 3.63) is 11.6 Å². The van der Waals surface area contributed by atoms with E-state index in [0.717, 1.165) is 38.1 Å². The number of carbonyl (C=O) groups is 1. The minimum absolute atomic E-state index is 0.201. The Morgan fingerprint density at radius 1 is 1.33 bits per heavy atom. The molecular weight excluding hydrogens is 232 g/mol. The summed E-state index contributed by atoms with van der Waals surface area (Å²) in [5.74, 6) is 0.696. The lowest BCUT2D eigenvalue weighted by molar-refractivity contribution is 0.0903. The summed E-state index contributed by atoms with van der Waals surface area (Å²) in [5, 5.41) is 9.35. The van der Waals surface area contributed by atoms with Crippen molar-refractivity contribution in [2.45, 2.75) is 39.5 Å². The normalized spacial score (nSPS) is 10.6. The standard InChI is InChI=1S/C12H22N4O2/c1-3-5-8-18-9-7-13-12(17)11-14-10(6-4-2)15-16-11/h3-9H2,1-2H3,(H,13,17)(H,14,15,16). The predicted octanol–water partition coefficient (Wildman–Crippen LogP) is 1.30. The fourth-order valence-corrected chi connectivity index (χ4v) is 1.41. The maximum Gasteiger partial charge on any atom is 0.291 e. The monoisotopic (exact) mass is 254 g/mol. The summed E-state index contributed by atoms with van der Waals surface area (Å²) in [5.41, 5.74) is 0. The van der Waals surface area contributed by atoms with Gasteiger partial charge in [-0.2, -0.15) is 0 Å². The zero-order valence-electron chi connectivity index (χ0n) is 11.2. The van der Waals surface area contributed by atoms with Gasteiger partial charge in [0, 0.05) is 19.6 Å². The number of aryl methyl sites for hydroxylation is 1. The molecule has 0 bridgehead atoms. The molecule has 0 aromatic carbocycles. The van der Waals surface area contributed by atoms with Crippen LogP contribution >= 0.6 is 0 Å². The maximum atomic E-state index is 11.6. The van der Waals surface area contributed by atoms with Crippen LogP contribution in [0.5, 0.6) is 0 Å². The van der Waals surface area contributed by atoms with Gasteiger partial charge in [0.15, 0.2) is 0 Å². The molecule has 1 rings (SSSR count). The number of hydrogen-bond acceptors (Lipinski definition) is 4. The van der Waals surface area contributed by atoms with E-state index >= 15 is 0 Å². The van der Waals surface area contributed by atoms with E-state index in [0.29, 0.717) is 13.2 Å². The number of rotatable bonds is 9. The lowest BCUT2D eigenvalue weighted by Crippen LogP contribution is -2.28. The van der Waals surface area contributed by atoms with Crippen molar-refractivity contribution >= 4 is 5.91 Å². The number of nitrogens with one attached hydrogen (secondary N) is 2. The second-order valence-corrected chi connectivity index (χ2v) is 4.08. The average Bonchev–Trinajstić information content (AvgIpc) is 2.82. The van der Waals surface area contributed by atoms with Gasteiger partial charge in [-0.05, 0) is 12.8 Å². The van der Waals surface area contributed by atoms with Gasteiger partial charge >= 0.3 is 0 Å². The van der Waals surface area contributed by atoms with Crippen molar-refractivity contribution in [3.8, 4) is 0 Å². The maximum absolute atomic E-state index is 11.6. The van der Waals surface area contributed by atoms with E-state index in [4.69, 9.17) is 4.74 Å². The summed E-state index contributed by atoms with van der Waals surface area (Å²) < 4.78 is 5.34. The van der Waals surface area contributed by atoms with E-state index in [1.807, 2.05) is 0 Å². The highest BCUT2D eigenvalue weighted by molar-refractivity contribution is 5.90. The topological polar surface area (TPSA) is 79.9 Å². The van der Waals surface area contributed by atoms with E-state index < -0.39 is 0 Å². The van der Waals surface area contributed by atoms with Gasteiger partial charge in [-0.1, -0.05) is 20.3 Å². The second kappa shape index (κ2) is 8.63. The first-order valence-corrected chi connectivity index (χ1v) is 6.55. The molecule has 0 radical (unpaired) electrons. The van der Waals surface area contributed by atoms with Crippen molar-refractivity contribution in [2.75, 3.05) is 19.8 Å². The van der Waals surface area contributed by atoms with Crippen LogP contribution in [-0.4, -0.2) is 40.8 Å². The Labute approximate surface area is 108 Å². The van der Waals surface area contributed by atoms with Crippen molar-refractivity contribution < 1.29 is 9.53 Å². The van der Waals surface area contributed by atoms with Gasteiger partial charge in [0.2, 0.25) is 5.82 Å². The molecule has 1 aromatic rings. The molecule has 1 heterocycles. The first kappa shape index (κ1) is 14.6. The average molecular weight is 254 g/mol. The molecule has 0 aliphatic heterocycles. The van der Waals surface area contributed by atoms with Crippen LogP contribution < -0.4 is 5.32 Å². The summed E-state index contributed by atoms with van der Waals surface area (Å²) in [6.07, 6.45) is 3.95. The molecule has 2 N–H and O–H groups in total. The van der Waals surface area contributed by atoms with Crippen LogP contribution in [0.2, 0.25) is 0 Å². The van der Waals surface area contributed by atoms with Crippen LogP contribution in [0.1, 0.15) is 49.6 Å². The summed E-state index contributed by atoms with van der Waals surface area (Å²) in [6, 6.07) is 0. The Morgan fingerprint density at radius 2 is 2.17 bits per heavy atom. The first-order chi connectivity index (χ1) is 8.77. The molecule has 0 fully saturated rings. The second-order valence-electron chi connectivity index (χ2n) is 4.08. The molecule has 0 saturated carbocycles. The Hall–Kier alpha value is -1.43. The van der Waals surface area contributed by atoms with E-state index in [9.17, 15) is 4.79 Å². The highest BCUT2D eigenvalue weighted by Crippen LogP contribution is 1.96. The van der Waals surface area contributed by atoms with E-state index in [1.165, 1.54) is 0 Å².